The van der Waals surface area contributed by atoms with Gasteiger partial charge in [0.05, 0.1) is 29.4 Å². The van der Waals surface area contributed by atoms with Crippen molar-refractivity contribution in [2.75, 3.05) is 23.9 Å². The van der Waals surface area contributed by atoms with Gasteiger partial charge in [-0.15, -0.1) is 11.8 Å². The third-order valence-corrected chi connectivity index (χ3v) is 5.16. The van der Waals surface area contributed by atoms with Crippen LogP contribution in [-0.4, -0.2) is 35.9 Å². The number of rotatable bonds is 7. The van der Waals surface area contributed by atoms with Gasteiger partial charge in [-0.2, -0.15) is 0 Å². The first-order valence-electron chi connectivity index (χ1n) is 8.73. The van der Waals surface area contributed by atoms with E-state index < -0.39 is 0 Å². The van der Waals surface area contributed by atoms with Crippen molar-refractivity contribution in [3.8, 4) is 5.75 Å². The fourth-order valence-electron chi connectivity index (χ4n) is 2.88. The Kier molecular flexibility index (Phi) is 5.98. The number of carbonyl (C=O) groups excluding carboxylic acids is 2. The van der Waals surface area contributed by atoms with Crippen LogP contribution in [0.1, 0.15) is 18.1 Å². The normalized spacial score (nSPS) is 14.3. The number of ether oxygens (including phenoxy) is 1. The fraction of sp³-hybridized carbons (Fsp3) is 0.238. The Morgan fingerprint density at radius 1 is 1.07 bits per heavy atom. The summed E-state index contributed by atoms with van der Waals surface area (Å²) < 4.78 is 5.49. The van der Waals surface area contributed by atoms with E-state index in [0.717, 1.165) is 5.56 Å². The molecule has 5 nitrogen and oxygen atoms in total. The molecule has 0 saturated carbocycles. The van der Waals surface area contributed by atoms with Gasteiger partial charge in [0.15, 0.2) is 0 Å². The number of aliphatic hydroxyl groups is 1. The van der Waals surface area contributed by atoms with Gasteiger partial charge in [0, 0.05) is 11.8 Å². The van der Waals surface area contributed by atoms with Gasteiger partial charge in [0.1, 0.15) is 5.75 Å². The molecule has 0 radical (unpaired) electrons. The largest absolute Gasteiger partial charge is 0.494 e. The number of imide groups is 1. The van der Waals surface area contributed by atoms with E-state index >= 15 is 0 Å². The first kappa shape index (κ1) is 19.2. The van der Waals surface area contributed by atoms with Crippen LogP contribution in [0, 0.1) is 6.92 Å². The van der Waals surface area contributed by atoms with E-state index in [1.807, 2.05) is 38.1 Å². The van der Waals surface area contributed by atoms with Crippen LogP contribution in [0.3, 0.4) is 0 Å². The Hall–Kier alpha value is -2.57. The molecule has 1 aliphatic rings. The Bertz CT molecular complexity index is 889. The lowest BCUT2D eigenvalue weighted by atomic mass is 10.0. The molecule has 2 aromatic rings. The van der Waals surface area contributed by atoms with Crippen LogP contribution in [0.5, 0.6) is 5.75 Å². The van der Waals surface area contributed by atoms with Crippen molar-refractivity contribution in [3.63, 3.8) is 0 Å². The van der Waals surface area contributed by atoms with E-state index in [9.17, 15) is 14.7 Å². The van der Waals surface area contributed by atoms with Crippen LogP contribution in [0.2, 0.25) is 0 Å². The number of thioether (sulfide) groups is 1. The minimum atomic E-state index is -0.373. The van der Waals surface area contributed by atoms with E-state index in [1.165, 1.54) is 16.7 Å². The smallest absolute Gasteiger partial charge is 0.272 e. The van der Waals surface area contributed by atoms with Crippen molar-refractivity contribution in [1.29, 1.82) is 0 Å². The molecule has 0 spiro atoms. The second-order valence-electron chi connectivity index (χ2n) is 6.02. The van der Waals surface area contributed by atoms with Crippen LogP contribution in [0.4, 0.5) is 5.69 Å². The maximum Gasteiger partial charge on any atom is 0.272 e. The summed E-state index contributed by atoms with van der Waals surface area (Å²) in [5, 5.41) is 9.18. The topological polar surface area (TPSA) is 66.8 Å². The van der Waals surface area contributed by atoms with E-state index in [4.69, 9.17) is 4.74 Å². The summed E-state index contributed by atoms with van der Waals surface area (Å²) in [5.41, 5.74) is 2.62. The van der Waals surface area contributed by atoms with Gasteiger partial charge in [-0.05, 0) is 31.5 Å². The van der Waals surface area contributed by atoms with Crippen LogP contribution in [0.25, 0.3) is 5.57 Å². The van der Waals surface area contributed by atoms with Crippen molar-refractivity contribution in [2.45, 2.75) is 13.8 Å². The third kappa shape index (κ3) is 3.91. The zero-order valence-electron chi connectivity index (χ0n) is 15.3. The number of hydrogen-bond acceptors (Lipinski definition) is 5. The van der Waals surface area contributed by atoms with E-state index in [2.05, 4.69) is 0 Å². The lowest BCUT2D eigenvalue weighted by Crippen LogP contribution is -2.31. The molecule has 0 bridgehead atoms. The van der Waals surface area contributed by atoms with Gasteiger partial charge in [-0.3, -0.25) is 9.59 Å². The molecule has 1 aliphatic heterocycles. The van der Waals surface area contributed by atoms with Crippen molar-refractivity contribution < 1.29 is 19.4 Å². The molecule has 3 rings (SSSR count). The Morgan fingerprint density at radius 2 is 1.81 bits per heavy atom. The van der Waals surface area contributed by atoms with Crippen LogP contribution in [0.15, 0.2) is 53.4 Å². The second-order valence-corrected chi connectivity index (χ2v) is 7.12. The molecule has 0 fully saturated rings. The Labute approximate surface area is 162 Å². The van der Waals surface area contributed by atoms with Crippen molar-refractivity contribution in [2.24, 2.45) is 0 Å². The highest BCUT2D eigenvalue weighted by atomic mass is 32.2. The third-order valence-electron chi connectivity index (χ3n) is 4.11. The van der Waals surface area contributed by atoms with Crippen LogP contribution >= 0.6 is 11.8 Å². The zero-order chi connectivity index (χ0) is 19.4. The number of amides is 2. The maximum absolute atomic E-state index is 13.2. The maximum atomic E-state index is 13.2. The standard InChI is InChI=1S/C21H21NO4S/c1-3-26-17-6-4-5-16(13-17)22-20(24)18(15-9-7-14(2)8-10-15)19(21(22)25)27-12-11-23/h4-10,13,23H,3,11-12H2,1-2H3. The average Bonchev–Trinajstić information content (AvgIpc) is 2.91. The second kappa shape index (κ2) is 8.41. The SMILES string of the molecule is CCOc1cccc(N2C(=O)C(SCCO)=C(c3ccc(C)cc3)C2=O)c1. The minimum absolute atomic E-state index is 0.0728. The predicted molar refractivity (Wildman–Crippen MR) is 108 cm³/mol. The van der Waals surface area contributed by atoms with E-state index in [-0.39, 0.29) is 18.4 Å². The van der Waals surface area contributed by atoms with E-state index in [0.29, 0.717) is 39.8 Å². The molecule has 140 valence electrons. The first-order chi connectivity index (χ1) is 13.1. The lowest BCUT2D eigenvalue weighted by Gasteiger charge is -2.16. The summed E-state index contributed by atoms with van der Waals surface area (Å²) in [7, 11) is 0. The van der Waals surface area contributed by atoms with Crippen molar-refractivity contribution >= 4 is 34.8 Å². The zero-order valence-corrected chi connectivity index (χ0v) is 16.1. The molecule has 1 heterocycles. The van der Waals surface area contributed by atoms with Crippen molar-refractivity contribution in [3.05, 3.63) is 64.6 Å². The summed E-state index contributed by atoms with van der Waals surface area (Å²) >= 11 is 1.20. The predicted octanol–water partition coefficient (Wildman–Crippen LogP) is 3.40. The molecule has 0 unspecified atom stereocenters. The van der Waals surface area contributed by atoms with Crippen LogP contribution < -0.4 is 9.64 Å². The summed E-state index contributed by atoms with van der Waals surface area (Å²) in [4.78, 5) is 27.8. The highest BCUT2D eigenvalue weighted by Gasteiger charge is 2.40. The average molecular weight is 383 g/mol. The summed E-state index contributed by atoms with van der Waals surface area (Å²) in [5.74, 6) is 0.209. The Morgan fingerprint density at radius 3 is 2.48 bits per heavy atom. The number of carbonyl (C=O) groups is 2. The molecule has 27 heavy (non-hydrogen) atoms. The summed E-state index contributed by atoms with van der Waals surface area (Å²) in [6, 6.07) is 14.4. The van der Waals surface area contributed by atoms with Gasteiger partial charge in [0.25, 0.3) is 11.8 Å². The fourth-order valence-corrected chi connectivity index (χ4v) is 3.74. The van der Waals surface area contributed by atoms with Crippen molar-refractivity contribution in [1.82, 2.24) is 0 Å². The highest BCUT2D eigenvalue weighted by Crippen LogP contribution is 2.39. The molecule has 0 saturated heterocycles. The molecular formula is C21H21NO4S. The lowest BCUT2D eigenvalue weighted by molar-refractivity contribution is -0.119. The van der Waals surface area contributed by atoms with Gasteiger partial charge in [-0.1, -0.05) is 35.9 Å². The van der Waals surface area contributed by atoms with E-state index in [1.54, 1.807) is 24.3 Å². The Balaban J connectivity index is 2.03. The quantitative estimate of drug-likeness (QED) is 0.742. The van der Waals surface area contributed by atoms with Crippen LogP contribution in [-0.2, 0) is 9.59 Å². The number of nitrogens with zero attached hydrogens (tertiary/aromatic N) is 1. The van der Waals surface area contributed by atoms with Gasteiger partial charge in [-0.25, -0.2) is 4.90 Å². The molecule has 2 amide bonds. The van der Waals surface area contributed by atoms with Gasteiger partial charge >= 0.3 is 0 Å². The summed E-state index contributed by atoms with van der Waals surface area (Å²) in [6.45, 7) is 4.26. The number of anilines is 1. The minimum Gasteiger partial charge on any atom is -0.494 e. The monoisotopic (exact) mass is 383 g/mol. The molecule has 6 heteroatoms. The number of benzene rings is 2. The summed E-state index contributed by atoms with van der Waals surface area (Å²) in [6.07, 6.45) is 0. The highest BCUT2D eigenvalue weighted by molar-refractivity contribution is 8.04. The number of aliphatic hydroxyl groups excluding tert-OH is 1. The number of hydrogen-bond donors (Lipinski definition) is 1. The molecule has 2 aromatic carbocycles. The molecule has 0 aliphatic carbocycles. The molecule has 0 atom stereocenters. The number of aryl methyl sites for hydroxylation is 1. The molecule has 0 aromatic heterocycles. The molecule has 1 N–H and O–H groups in total. The van der Waals surface area contributed by atoms with Gasteiger partial charge < -0.3 is 9.84 Å². The molecular weight excluding hydrogens is 362 g/mol. The first-order valence-corrected chi connectivity index (χ1v) is 9.72. The van der Waals surface area contributed by atoms with Gasteiger partial charge in [0.2, 0.25) is 0 Å².